The summed E-state index contributed by atoms with van der Waals surface area (Å²) in [5.74, 6) is -1.90. The largest absolute Gasteiger partial charge is 0.480 e. The Labute approximate surface area is 137 Å². The highest BCUT2D eigenvalue weighted by atomic mass is 16.4. The summed E-state index contributed by atoms with van der Waals surface area (Å²) in [5, 5.41) is 11.2. The van der Waals surface area contributed by atoms with E-state index in [4.69, 9.17) is 5.11 Å². The fourth-order valence-electron chi connectivity index (χ4n) is 2.45. The number of rotatable bonds is 4. The van der Waals surface area contributed by atoms with Crippen molar-refractivity contribution in [2.75, 3.05) is 6.54 Å². The number of aliphatic carboxylic acids is 1. The number of aromatic nitrogens is 1. The molecule has 0 unspecified atom stereocenters. The van der Waals surface area contributed by atoms with Gasteiger partial charge in [0, 0.05) is 17.6 Å². The van der Waals surface area contributed by atoms with Crippen molar-refractivity contribution in [2.24, 2.45) is 0 Å². The van der Waals surface area contributed by atoms with Crippen molar-refractivity contribution in [1.29, 1.82) is 0 Å². The van der Waals surface area contributed by atoms with E-state index in [1.807, 2.05) is 48.0 Å². The maximum atomic E-state index is 12.2. The highest BCUT2D eigenvalue weighted by Gasteiger charge is 2.35. The smallest absolute Gasteiger partial charge is 0.329 e. The van der Waals surface area contributed by atoms with E-state index >= 15 is 0 Å². The number of imide groups is 1. The summed E-state index contributed by atoms with van der Waals surface area (Å²) < 4.78 is 1.87. The van der Waals surface area contributed by atoms with Crippen LogP contribution in [-0.2, 0) is 9.59 Å². The zero-order chi connectivity index (χ0) is 17.3. The van der Waals surface area contributed by atoms with Gasteiger partial charge in [-0.2, -0.15) is 0 Å². The molecule has 24 heavy (non-hydrogen) atoms. The van der Waals surface area contributed by atoms with Gasteiger partial charge in [0.25, 0.3) is 5.91 Å². The van der Waals surface area contributed by atoms with Crippen molar-refractivity contribution < 1.29 is 19.5 Å². The minimum absolute atomic E-state index is 0.0494. The summed E-state index contributed by atoms with van der Waals surface area (Å²) in [4.78, 5) is 35.3. The molecule has 2 aromatic rings. The molecule has 1 aliphatic heterocycles. The molecule has 0 aliphatic carbocycles. The van der Waals surface area contributed by atoms with Crippen LogP contribution < -0.4 is 5.32 Å². The molecule has 7 nitrogen and oxygen atoms in total. The lowest BCUT2D eigenvalue weighted by molar-refractivity contribution is -0.140. The zero-order valence-corrected chi connectivity index (χ0v) is 12.9. The number of aryl methyl sites for hydroxylation is 1. The van der Waals surface area contributed by atoms with Gasteiger partial charge in [0.2, 0.25) is 0 Å². The van der Waals surface area contributed by atoms with Gasteiger partial charge >= 0.3 is 12.0 Å². The number of carbonyl (C=O) groups excluding carboxylic acids is 2. The van der Waals surface area contributed by atoms with E-state index in [0.29, 0.717) is 10.6 Å². The molecule has 2 N–H and O–H groups in total. The Kier molecular flexibility index (Phi) is 3.91. The first kappa shape index (κ1) is 15.5. The molecule has 0 atom stereocenters. The molecule has 1 aromatic heterocycles. The van der Waals surface area contributed by atoms with E-state index in [2.05, 4.69) is 5.32 Å². The highest BCUT2D eigenvalue weighted by Crippen LogP contribution is 2.18. The second-order valence-electron chi connectivity index (χ2n) is 5.41. The molecule has 3 rings (SSSR count). The Bertz CT molecular complexity index is 849. The predicted molar refractivity (Wildman–Crippen MR) is 86.4 cm³/mol. The van der Waals surface area contributed by atoms with E-state index in [0.717, 1.165) is 11.3 Å². The summed E-state index contributed by atoms with van der Waals surface area (Å²) in [7, 11) is 0. The normalized spacial score (nSPS) is 15.9. The fraction of sp³-hybridized carbons (Fsp3) is 0.118. The van der Waals surface area contributed by atoms with Crippen LogP contribution in [0.4, 0.5) is 4.79 Å². The number of amides is 3. The van der Waals surface area contributed by atoms with Crippen molar-refractivity contribution in [1.82, 2.24) is 14.8 Å². The quantitative estimate of drug-likeness (QED) is 0.662. The third-order valence-corrected chi connectivity index (χ3v) is 3.64. The molecule has 2 heterocycles. The van der Waals surface area contributed by atoms with Gasteiger partial charge < -0.3 is 15.0 Å². The summed E-state index contributed by atoms with van der Waals surface area (Å²) in [6, 6.07) is 10.7. The van der Waals surface area contributed by atoms with Gasteiger partial charge in [-0.3, -0.25) is 9.59 Å². The van der Waals surface area contributed by atoms with Crippen LogP contribution in [0.3, 0.4) is 0 Å². The average Bonchev–Trinajstić information content (AvgIpc) is 3.09. The van der Waals surface area contributed by atoms with Crippen molar-refractivity contribution in [3.63, 3.8) is 0 Å². The molecule has 0 radical (unpaired) electrons. The van der Waals surface area contributed by atoms with Gasteiger partial charge in [0.1, 0.15) is 12.2 Å². The minimum atomic E-state index is -1.25. The van der Waals surface area contributed by atoms with Gasteiger partial charge in [-0.1, -0.05) is 17.7 Å². The number of hydrogen-bond acceptors (Lipinski definition) is 3. The fourth-order valence-corrected chi connectivity index (χ4v) is 2.45. The number of urea groups is 1. The molecule has 0 saturated carbocycles. The van der Waals surface area contributed by atoms with Gasteiger partial charge in [0.05, 0.1) is 0 Å². The van der Waals surface area contributed by atoms with Gasteiger partial charge in [0.15, 0.2) is 0 Å². The standard InChI is InChI=1S/C17H15N3O4/c1-11-4-6-12(7-5-11)19-8-2-3-13(19)9-14-16(23)20(10-15(21)22)17(24)18-14/h2-9H,10H2,1H3,(H,18,24)(H,21,22)/b14-9+. The van der Waals surface area contributed by atoms with Gasteiger partial charge in [-0.05, 0) is 37.3 Å². The lowest BCUT2D eigenvalue weighted by Gasteiger charge is -2.08. The average molecular weight is 325 g/mol. The van der Waals surface area contributed by atoms with E-state index in [1.54, 1.807) is 6.07 Å². The highest BCUT2D eigenvalue weighted by molar-refractivity contribution is 6.15. The zero-order valence-electron chi connectivity index (χ0n) is 12.9. The Morgan fingerprint density at radius 2 is 1.92 bits per heavy atom. The van der Waals surface area contributed by atoms with Crippen LogP contribution in [0.5, 0.6) is 0 Å². The lowest BCUT2D eigenvalue weighted by atomic mass is 10.2. The predicted octanol–water partition coefficient (Wildman–Crippen LogP) is 1.76. The second kappa shape index (κ2) is 6.04. The number of nitrogens with zero attached hydrogens (tertiary/aromatic N) is 2. The number of nitrogens with one attached hydrogen (secondary N) is 1. The maximum absolute atomic E-state index is 12.2. The summed E-state index contributed by atoms with van der Waals surface area (Å²) in [6.45, 7) is 1.33. The van der Waals surface area contributed by atoms with Crippen molar-refractivity contribution in [3.05, 3.63) is 59.5 Å². The van der Waals surface area contributed by atoms with Crippen LogP contribution in [0.25, 0.3) is 11.8 Å². The Morgan fingerprint density at radius 3 is 2.58 bits per heavy atom. The number of benzene rings is 1. The van der Waals surface area contributed by atoms with Crippen molar-refractivity contribution in [2.45, 2.75) is 6.92 Å². The molecule has 1 aromatic carbocycles. The van der Waals surface area contributed by atoms with Gasteiger partial charge in [-0.25, -0.2) is 9.69 Å². The number of carboxylic acids is 1. The van der Waals surface area contributed by atoms with Crippen LogP contribution in [0.15, 0.2) is 48.3 Å². The molecular weight excluding hydrogens is 310 g/mol. The SMILES string of the molecule is Cc1ccc(-n2cccc2/C=C2/NC(=O)N(CC(=O)O)C2=O)cc1. The van der Waals surface area contributed by atoms with E-state index in [9.17, 15) is 14.4 Å². The van der Waals surface area contributed by atoms with Crippen LogP contribution in [-0.4, -0.2) is 39.0 Å². The summed E-state index contributed by atoms with van der Waals surface area (Å²) in [5.41, 5.74) is 2.79. The first-order chi connectivity index (χ1) is 11.5. The van der Waals surface area contributed by atoms with Crippen LogP contribution >= 0.6 is 0 Å². The van der Waals surface area contributed by atoms with Gasteiger partial charge in [-0.15, -0.1) is 0 Å². The lowest BCUT2D eigenvalue weighted by Crippen LogP contribution is -2.35. The van der Waals surface area contributed by atoms with Crippen LogP contribution in [0.2, 0.25) is 0 Å². The summed E-state index contributed by atoms with van der Waals surface area (Å²) in [6.07, 6.45) is 3.37. The molecule has 0 spiro atoms. The molecule has 1 saturated heterocycles. The number of carbonyl (C=O) groups is 3. The molecule has 0 bridgehead atoms. The van der Waals surface area contributed by atoms with Crippen LogP contribution in [0.1, 0.15) is 11.3 Å². The first-order valence-corrected chi connectivity index (χ1v) is 7.26. The Morgan fingerprint density at radius 1 is 1.21 bits per heavy atom. The summed E-state index contributed by atoms with van der Waals surface area (Å²) >= 11 is 0. The van der Waals surface area contributed by atoms with Crippen molar-refractivity contribution in [3.8, 4) is 5.69 Å². The minimum Gasteiger partial charge on any atom is -0.480 e. The third kappa shape index (κ3) is 2.91. The van der Waals surface area contributed by atoms with E-state index in [-0.39, 0.29) is 5.70 Å². The number of hydrogen-bond donors (Lipinski definition) is 2. The molecule has 1 fully saturated rings. The topological polar surface area (TPSA) is 91.6 Å². The molecule has 7 heteroatoms. The first-order valence-electron chi connectivity index (χ1n) is 7.26. The molecule has 1 aliphatic rings. The number of carboxylic acid groups (broad SMARTS) is 1. The molecular formula is C17H15N3O4. The maximum Gasteiger partial charge on any atom is 0.329 e. The monoisotopic (exact) mass is 325 g/mol. The third-order valence-electron chi connectivity index (χ3n) is 3.64. The van der Waals surface area contributed by atoms with Crippen LogP contribution in [0, 0.1) is 6.92 Å². The molecule has 3 amide bonds. The van der Waals surface area contributed by atoms with Crippen molar-refractivity contribution >= 4 is 24.0 Å². The van der Waals surface area contributed by atoms with E-state index < -0.39 is 24.5 Å². The Balaban J connectivity index is 1.92. The second-order valence-corrected chi connectivity index (χ2v) is 5.41. The van der Waals surface area contributed by atoms with E-state index in [1.165, 1.54) is 6.08 Å². The molecule has 122 valence electrons. The Hall–Kier alpha value is -3.35.